The van der Waals surface area contributed by atoms with Crippen molar-refractivity contribution in [2.24, 2.45) is 0 Å². The molecule has 34 heavy (non-hydrogen) atoms. The summed E-state index contributed by atoms with van der Waals surface area (Å²) in [6.45, 7) is 12.3. The van der Waals surface area contributed by atoms with E-state index in [1.54, 1.807) is 18.0 Å². The number of nitrogens with zero attached hydrogens (tertiary/aromatic N) is 4. The van der Waals surface area contributed by atoms with Gasteiger partial charge in [-0.05, 0) is 55.3 Å². The Morgan fingerprint density at radius 3 is 2.32 bits per heavy atom. The Labute approximate surface area is 202 Å². The number of methoxy groups -OCH3 is 1. The van der Waals surface area contributed by atoms with E-state index in [9.17, 15) is 4.79 Å². The van der Waals surface area contributed by atoms with Crippen LogP contribution in [0.15, 0.2) is 48.7 Å². The number of nitrogens with one attached hydrogen (secondary N) is 1. The first kappa shape index (κ1) is 23.8. The number of hydrogen-bond donors (Lipinski definition) is 1. The maximum atomic E-state index is 13.1. The molecule has 4 rings (SSSR count). The molecule has 1 saturated heterocycles. The average Bonchev–Trinajstić information content (AvgIpc) is 3.21. The van der Waals surface area contributed by atoms with Gasteiger partial charge in [-0.2, -0.15) is 5.10 Å². The van der Waals surface area contributed by atoms with E-state index in [0.717, 1.165) is 49.0 Å². The van der Waals surface area contributed by atoms with Gasteiger partial charge in [-0.15, -0.1) is 0 Å². The first-order valence-corrected chi connectivity index (χ1v) is 11.8. The molecule has 2 aromatic carbocycles. The Morgan fingerprint density at radius 1 is 1.03 bits per heavy atom. The van der Waals surface area contributed by atoms with Crippen molar-refractivity contribution < 1.29 is 9.53 Å². The van der Waals surface area contributed by atoms with Gasteiger partial charge < -0.3 is 19.9 Å². The molecule has 1 aliphatic rings. The lowest BCUT2D eigenvalue weighted by atomic mass is 9.87. The standard InChI is InChI=1S/C27H35N5O2/c1-19-23(18-32(29-19)22-10-7-20(8-11-22)27(2,3)4)26(33)28-21-9-12-25(34-6)24(17-21)31-15-13-30(5)14-16-31/h7-12,17-18H,13-16H2,1-6H3,(H,28,33). The minimum Gasteiger partial charge on any atom is -0.495 e. The van der Waals surface area contributed by atoms with E-state index in [2.05, 4.69) is 60.2 Å². The second kappa shape index (κ2) is 9.50. The first-order chi connectivity index (χ1) is 16.2. The predicted octanol–water partition coefficient (Wildman–Crippen LogP) is 4.49. The molecule has 7 nitrogen and oxygen atoms in total. The zero-order valence-corrected chi connectivity index (χ0v) is 21.1. The monoisotopic (exact) mass is 461 g/mol. The molecule has 0 radical (unpaired) electrons. The zero-order chi connectivity index (χ0) is 24.5. The van der Waals surface area contributed by atoms with Crippen LogP contribution in [0.25, 0.3) is 5.69 Å². The maximum absolute atomic E-state index is 13.1. The van der Waals surface area contributed by atoms with Crippen molar-refractivity contribution in [1.82, 2.24) is 14.7 Å². The molecule has 0 atom stereocenters. The number of anilines is 2. The third kappa shape index (κ3) is 5.09. The van der Waals surface area contributed by atoms with Gasteiger partial charge in [-0.3, -0.25) is 4.79 Å². The Hall–Kier alpha value is -3.32. The highest BCUT2D eigenvalue weighted by molar-refractivity contribution is 6.05. The van der Waals surface area contributed by atoms with E-state index in [-0.39, 0.29) is 11.3 Å². The molecule has 0 bridgehead atoms. The van der Waals surface area contributed by atoms with Gasteiger partial charge in [0, 0.05) is 38.1 Å². The van der Waals surface area contributed by atoms with Crippen LogP contribution < -0.4 is 15.0 Å². The summed E-state index contributed by atoms with van der Waals surface area (Å²) in [7, 11) is 3.81. The molecule has 3 aromatic rings. The molecule has 0 spiro atoms. The van der Waals surface area contributed by atoms with E-state index in [0.29, 0.717) is 11.3 Å². The molecular weight excluding hydrogens is 426 g/mol. The third-order valence-corrected chi connectivity index (χ3v) is 6.42. The van der Waals surface area contributed by atoms with Gasteiger partial charge in [0.1, 0.15) is 5.75 Å². The maximum Gasteiger partial charge on any atom is 0.259 e. The number of rotatable bonds is 5. The number of likely N-dealkylation sites (N-methyl/N-ethyl adjacent to an activating group) is 1. The molecule has 0 unspecified atom stereocenters. The smallest absolute Gasteiger partial charge is 0.259 e. The fourth-order valence-electron chi connectivity index (χ4n) is 4.19. The van der Waals surface area contributed by atoms with Gasteiger partial charge in [0.05, 0.1) is 29.7 Å². The Kier molecular flexibility index (Phi) is 6.66. The van der Waals surface area contributed by atoms with Gasteiger partial charge in [0.2, 0.25) is 0 Å². The molecule has 7 heteroatoms. The minimum atomic E-state index is -0.176. The number of carbonyl (C=O) groups is 1. The number of carbonyl (C=O) groups excluding carboxylic acids is 1. The topological polar surface area (TPSA) is 62.6 Å². The molecule has 0 saturated carbocycles. The molecule has 1 aliphatic heterocycles. The van der Waals surface area contributed by atoms with E-state index >= 15 is 0 Å². The van der Waals surface area contributed by atoms with Crippen molar-refractivity contribution >= 4 is 17.3 Å². The van der Waals surface area contributed by atoms with Gasteiger partial charge >= 0.3 is 0 Å². The van der Waals surface area contributed by atoms with Gasteiger partial charge in [-0.1, -0.05) is 32.9 Å². The molecule has 1 fully saturated rings. The third-order valence-electron chi connectivity index (χ3n) is 6.42. The quantitative estimate of drug-likeness (QED) is 0.607. The Bertz CT molecular complexity index is 1150. The van der Waals surface area contributed by atoms with Crippen LogP contribution in [0.5, 0.6) is 5.75 Å². The fourth-order valence-corrected chi connectivity index (χ4v) is 4.19. The van der Waals surface area contributed by atoms with Crippen LogP contribution >= 0.6 is 0 Å². The van der Waals surface area contributed by atoms with Gasteiger partial charge in [0.25, 0.3) is 5.91 Å². The highest BCUT2D eigenvalue weighted by Crippen LogP contribution is 2.32. The summed E-state index contributed by atoms with van der Waals surface area (Å²) in [4.78, 5) is 17.8. The van der Waals surface area contributed by atoms with Crippen LogP contribution in [-0.2, 0) is 5.41 Å². The van der Waals surface area contributed by atoms with E-state index in [4.69, 9.17) is 4.74 Å². The highest BCUT2D eigenvalue weighted by Gasteiger charge is 2.20. The predicted molar refractivity (Wildman–Crippen MR) is 138 cm³/mol. The van der Waals surface area contributed by atoms with Crippen LogP contribution in [0.4, 0.5) is 11.4 Å². The largest absolute Gasteiger partial charge is 0.495 e. The summed E-state index contributed by atoms with van der Waals surface area (Å²) in [6, 6.07) is 14.1. The lowest BCUT2D eigenvalue weighted by Gasteiger charge is -2.34. The summed E-state index contributed by atoms with van der Waals surface area (Å²) >= 11 is 0. The van der Waals surface area contributed by atoms with Crippen LogP contribution in [0.1, 0.15) is 42.4 Å². The lowest BCUT2D eigenvalue weighted by Crippen LogP contribution is -2.44. The second-order valence-electron chi connectivity index (χ2n) is 10.0. The van der Waals surface area contributed by atoms with Crippen molar-refractivity contribution in [3.05, 3.63) is 65.5 Å². The summed E-state index contributed by atoms with van der Waals surface area (Å²) < 4.78 is 7.35. The highest BCUT2D eigenvalue weighted by atomic mass is 16.5. The molecule has 1 N–H and O–H groups in total. The number of aromatic nitrogens is 2. The SMILES string of the molecule is COc1ccc(NC(=O)c2cn(-c3ccc(C(C)(C)C)cc3)nc2C)cc1N1CCN(C)CC1. The van der Waals surface area contributed by atoms with Gasteiger partial charge in [-0.25, -0.2) is 4.68 Å². The van der Waals surface area contributed by atoms with Gasteiger partial charge in [0.15, 0.2) is 0 Å². The number of aryl methyl sites for hydroxylation is 1. The Morgan fingerprint density at radius 2 is 1.71 bits per heavy atom. The minimum absolute atomic E-state index is 0.0882. The van der Waals surface area contributed by atoms with Crippen LogP contribution in [0.3, 0.4) is 0 Å². The van der Waals surface area contributed by atoms with Crippen molar-refractivity contribution in [2.45, 2.75) is 33.1 Å². The Balaban J connectivity index is 1.53. The van der Waals surface area contributed by atoms with Crippen LogP contribution in [0, 0.1) is 6.92 Å². The number of hydrogen-bond acceptors (Lipinski definition) is 5. The van der Waals surface area contributed by atoms with Crippen molar-refractivity contribution in [2.75, 3.05) is 50.6 Å². The van der Waals surface area contributed by atoms with E-state index in [1.807, 2.05) is 37.3 Å². The first-order valence-electron chi connectivity index (χ1n) is 11.8. The number of ether oxygens (including phenoxy) is 1. The van der Waals surface area contributed by atoms with Crippen LogP contribution in [0.2, 0.25) is 0 Å². The summed E-state index contributed by atoms with van der Waals surface area (Å²) in [5, 5.41) is 7.63. The number of piperazine rings is 1. The summed E-state index contributed by atoms with van der Waals surface area (Å²) in [6.07, 6.45) is 1.79. The molecule has 1 aromatic heterocycles. The second-order valence-corrected chi connectivity index (χ2v) is 10.0. The number of amides is 1. The van der Waals surface area contributed by atoms with Crippen molar-refractivity contribution in [1.29, 1.82) is 0 Å². The number of benzene rings is 2. The summed E-state index contributed by atoms with van der Waals surface area (Å²) in [5.74, 6) is 0.634. The fraction of sp³-hybridized carbons (Fsp3) is 0.407. The normalized spacial score (nSPS) is 14.8. The van der Waals surface area contributed by atoms with E-state index < -0.39 is 0 Å². The molecule has 180 valence electrons. The molecule has 0 aliphatic carbocycles. The average molecular weight is 462 g/mol. The molecule has 1 amide bonds. The van der Waals surface area contributed by atoms with Crippen LogP contribution in [-0.4, -0.2) is 60.9 Å². The van der Waals surface area contributed by atoms with Crippen molar-refractivity contribution in [3.8, 4) is 11.4 Å². The lowest BCUT2D eigenvalue weighted by molar-refractivity contribution is 0.102. The molecule has 2 heterocycles. The zero-order valence-electron chi connectivity index (χ0n) is 21.1. The van der Waals surface area contributed by atoms with E-state index in [1.165, 1.54) is 5.56 Å². The summed E-state index contributed by atoms with van der Waals surface area (Å²) in [5.41, 5.74) is 5.25. The molecular formula is C27H35N5O2. The van der Waals surface area contributed by atoms with Crippen molar-refractivity contribution in [3.63, 3.8) is 0 Å².